The molecule has 0 amide bonds. The Kier molecular flexibility index (Phi) is 5.26. The lowest BCUT2D eigenvalue weighted by Crippen LogP contribution is -1.84. The maximum Gasteiger partial charge on any atom is 0.335 e. The number of rotatable bonds is 4. The molecule has 6 heteroatoms. The van der Waals surface area contributed by atoms with Gasteiger partial charge in [-0.15, -0.1) is 11.8 Å². The fourth-order valence-corrected chi connectivity index (χ4v) is 2.50. The molecule has 3 nitrogen and oxygen atoms in total. The average molecular weight is 235 g/mol. The van der Waals surface area contributed by atoms with Gasteiger partial charge in [-0.25, -0.2) is 0 Å². The van der Waals surface area contributed by atoms with Crippen LogP contribution in [0.3, 0.4) is 0 Å². The van der Waals surface area contributed by atoms with Crippen LogP contribution in [0.1, 0.15) is 0 Å². The maximum atomic E-state index is 10.2. The van der Waals surface area contributed by atoms with Crippen molar-refractivity contribution >= 4 is 35.3 Å². The lowest BCUT2D eigenvalue weighted by atomic mass is 11.0. The first-order valence-corrected chi connectivity index (χ1v) is 6.32. The van der Waals surface area contributed by atoms with Gasteiger partial charge in [-0.2, -0.15) is 0 Å². The lowest BCUT2D eigenvalue weighted by molar-refractivity contribution is 0.379. The van der Waals surface area contributed by atoms with Crippen LogP contribution in [0.2, 0.25) is 0 Å². The molecule has 0 aliphatic carbocycles. The van der Waals surface area contributed by atoms with Crippen molar-refractivity contribution in [2.45, 2.75) is 0 Å². The third-order valence-electron chi connectivity index (χ3n) is 0.481. The molecule has 0 aliphatic heterocycles. The smallest absolute Gasteiger partial charge is 0.324 e. The van der Waals surface area contributed by atoms with Crippen molar-refractivity contribution in [1.29, 1.82) is 0 Å². The Balaban J connectivity index is 3.18. The summed E-state index contributed by atoms with van der Waals surface area (Å²) in [5.41, 5.74) is -0.0708. The van der Waals surface area contributed by atoms with Crippen LogP contribution in [-0.4, -0.2) is 26.4 Å². The SMILES string of the molecule is O=P(O)(O)CSCCBr. The fourth-order valence-electron chi connectivity index (χ4n) is 0.238. The summed E-state index contributed by atoms with van der Waals surface area (Å²) in [7, 11) is -3.75. The third-order valence-corrected chi connectivity index (χ3v) is 3.97. The van der Waals surface area contributed by atoms with E-state index in [0.29, 0.717) is 0 Å². The molecule has 9 heavy (non-hydrogen) atoms. The standard InChI is InChI=1S/C3H8BrO3PS/c4-1-2-9-3-8(5,6)7/h1-3H2,(H2,5,6,7). The molecule has 0 unspecified atom stereocenters. The molecule has 0 fully saturated rings. The monoisotopic (exact) mass is 234 g/mol. The summed E-state index contributed by atoms with van der Waals surface area (Å²) in [6.07, 6.45) is 0. The van der Waals surface area contributed by atoms with Crippen LogP contribution < -0.4 is 0 Å². The van der Waals surface area contributed by atoms with Gasteiger partial charge in [0.2, 0.25) is 0 Å². The summed E-state index contributed by atoms with van der Waals surface area (Å²) in [4.78, 5) is 16.6. The quantitative estimate of drug-likeness (QED) is 0.437. The number of hydrogen-bond donors (Lipinski definition) is 2. The summed E-state index contributed by atoms with van der Waals surface area (Å²) >= 11 is 4.39. The Labute approximate surface area is 66.5 Å². The molecule has 56 valence electrons. The second kappa shape index (κ2) is 4.74. The van der Waals surface area contributed by atoms with Crippen molar-refractivity contribution in [2.24, 2.45) is 0 Å². The van der Waals surface area contributed by atoms with E-state index in [2.05, 4.69) is 15.9 Å². The first-order chi connectivity index (χ1) is 4.06. The molecule has 0 aromatic heterocycles. The van der Waals surface area contributed by atoms with E-state index >= 15 is 0 Å². The third kappa shape index (κ3) is 8.98. The minimum atomic E-state index is -3.75. The molecule has 0 aliphatic rings. The normalized spacial score (nSPS) is 11.9. The van der Waals surface area contributed by atoms with Crippen LogP contribution in [0, 0.1) is 0 Å². The maximum absolute atomic E-state index is 10.2. The van der Waals surface area contributed by atoms with Crippen molar-refractivity contribution in [3.05, 3.63) is 0 Å². The zero-order valence-corrected chi connectivity index (χ0v) is 7.95. The van der Waals surface area contributed by atoms with Gasteiger partial charge in [0.15, 0.2) is 0 Å². The molecular formula is C3H8BrO3PS. The van der Waals surface area contributed by atoms with Crippen LogP contribution in [0.25, 0.3) is 0 Å². The van der Waals surface area contributed by atoms with Crippen LogP contribution in [0.5, 0.6) is 0 Å². The summed E-state index contributed by atoms with van der Waals surface area (Å²) < 4.78 is 10.2. The van der Waals surface area contributed by atoms with E-state index < -0.39 is 7.60 Å². The van der Waals surface area contributed by atoms with Gasteiger partial charge in [0, 0.05) is 11.1 Å². The molecule has 0 aromatic carbocycles. The molecule has 0 atom stereocenters. The van der Waals surface area contributed by atoms with Crippen molar-refractivity contribution in [3.8, 4) is 0 Å². The van der Waals surface area contributed by atoms with E-state index in [1.807, 2.05) is 0 Å². The Morgan fingerprint density at radius 3 is 2.44 bits per heavy atom. The average Bonchev–Trinajstić information content (AvgIpc) is 1.63. The van der Waals surface area contributed by atoms with Gasteiger partial charge in [0.1, 0.15) is 0 Å². The predicted octanol–water partition coefficient (Wildman–Crippen LogP) is 1.25. The highest BCUT2D eigenvalue weighted by atomic mass is 79.9. The van der Waals surface area contributed by atoms with Gasteiger partial charge in [-0.1, -0.05) is 15.9 Å². The van der Waals surface area contributed by atoms with Crippen molar-refractivity contribution in [3.63, 3.8) is 0 Å². The van der Waals surface area contributed by atoms with Crippen LogP contribution in [0.4, 0.5) is 0 Å². The zero-order valence-electron chi connectivity index (χ0n) is 4.66. The predicted molar refractivity (Wildman–Crippen MR) is 43.2 cm³/mol. The molecule has 0 aromatic rings. The highest BCUT2D eigenvalue weighted by Gasteiger charge is 2.10. The summed E-state index contributed by atoms with van der Waals surface area (Å²) in [6, 6.07) is 0. The van der Waals surface area contributed by atoms with E-state index in [9.17, 15) is 4.57 Å². The van der Waals surface area contributed by atoms with Gasteiger partial charge >= 0.3 is 7.60 Å². The van der Waals surface area contributed by atoms with E-state index in [1.54, 1.807) is 0 Å². The molecule has 0 saturated carbocycles. The van der Waals surface area contributed by atoms with Crippen molar-refractivity contribution in [2.75, 3.05) is 16.6 Å². The number of thioether (sulfide) groups is 1. The van der Waals surface area contributed by atoms with Gasteiger partial charge in [0.25, 0.3) is 0 Å². The highest BCUT2D eigenvalue weighted by molar-refractivity contribution is 9.09. The summed E-state index contributed by atoms with van der Waals surface area (Å²) in [6.45, 7) is 0. The van der Waals surface area contributed by atoms with E-state index in [1.165, 1.54) is 11.8 Å². The highest BCUT2D eigenvalue weighted by Crippen LogP contribution is 2.38. The fraction of sp³-hybridized carbons (Fsp3) is 1.00. The lowest BCUT2D eigenvalue weighted by Gasteiger charge is -2.00. The van der Waals surface area contributed by atoms with Crippen LogP contribution in [-0.2, 0) is 4.57 Å². The summed E-state index contributed by atoms with van der Waals surface area (Å²) in [5.74, 6) is 0.741. The Hall–Kier alpha value is 0.980. The Bertz CT molecular complexity index is 114. The van der Waals surface area contributed by atoms with Gasteiger partial charge in [0.05, 0.1) is 5.49 Å². The van der Waals surface area contributed by atoms with Crippen LogP contribution in [0.15, 0.2) is 0 Å². The number of halogens is 1. The molecule has 0 rings (SSSR count). The number of alkyl halides is 1. The minimum absolute atomic E-state index is 0.0708. The van der Waals surface area contributed by atoms with Gasteiger partial charge in [-0.3, -0.25) is 4.57 Å². The molecule has 0 spiro atoms. The molecule has 0 saturated heterocycles. The topological polar surface area (TPSA) is 57.5 Å². The van der Waals surface area contributed by atoms with Gasteiger partial charge < -0.3 is 9.79 Å². The first-order valence-electron chi connectivity index (χ1n) is 2.24. The van der Waals surface area contributed by atoms with Gasteiger partial charge in [-0.05, 0) is 0 Å². The zero-order chi connectivity index (χ0) is 7.33. The van der Waals surface area contributed by atoms with E-state index in [4.69, 9.17) is 9.79 Å². The van der Waals surface area contributed by atoms with Crippen molar-refractivity contribution in [1.82, 2.24) is 0 Å². The summed E-state index contributed by atoms with van der Waals surface area (Å²) in [5, 5.41) is 0.775. The minimum Gasteiger partial charge on any atom is -0.324 e. The van der Waals surface area contributed by atoms with Crippen molar-refractivity contribution < 1.29 is 14.4 Å². The molecular weight excluding hydrogens is 227 g/mol. The number of hydrogen-bond acceptors (Lipinski definition) is 2. The Morgan fingerprint density at radius 2 is 2.11 bits per heavy atom. The molecule has 0 bridgehead atoms. The van der Waals surface area contributed by atoms with Crippen LogP contribution >= 0.6 is 35.3 Å². The largest absolute Gasteiger partial charge is 0.335 e. The first kappa shape index (κ1) is 9.98. The Morgan fingerprint density at radius 1 is 1.56 bits per heavy atom. The second-order valence-electron chi connectivity index (χ2n) is 1.39. The molecule has 0 radical (unpaired) electrons. The van der Waals surface area contributed by atoms with E-state index in [0.717, 1.165) is 11.1 Å². The second-order valence-corrected chi connectivity index (χ2v) is 5.36. The molecule has 2 N–H and O–H groups in total. The molecule has 0 heterocycles. The van der Waals surface area contributed by atoms with E-state index in [-0.39, 0.29) is 5.49 Å².